The van der Waals surface area contributed by atoms with E-state index in [1.807, 2.05) is 30.3 Å². The van der Waals surface area contributed by atoms with Crippen molar-refractivity contribution in [1.29, 1.82) is 0 Å². The molecule has 0 spiro atoms. The molecule has 1 unspecified atom stereocenters. The van der Waals surface area contributed by atoms with Crippen LogP contribution in [0.1, 0.15) is 40.2 Å². The van der Waals surface area contributed by atoms with Gasteiger partial charge in [-0.15, -0.1) is 0 Å². The molecule has 0 radical (unpaired) electrons. The van der Waals surface area contributed by atoms with Crippen molar-refractivity contribution in [3.05, 3.63) is 95.6 Å². The van der Waals surface area contributed by atoms with Gasteiger partial charge in [-0.1, -0.05) is 54.6 Å². The van der Waals surface area contributed by atoms with Crippen molar-refractivity contribution in [1.82, 2.24) is 5.32 Å². The summed E-state index contributed by atoms with van der Waals surface area (Å²) < 4.78 is 5.75. The Morgan fingerprint density at radius 1 is 0.871 bits per heavy atom. The van der Waals surface area contributed by atoms with Crippen LogP contribution in [0, 0.1) is 0 Å². The quantitative estimate of drug-likeness (QED) is 0.656. The second-order valence-electron chi connectivity index (χ2n) is 8.24. The number of amides is 2. The summed E-state index contributed by atoms with van der Waals surface area (Å²) in [6.45, 7) is 0. The first-order valence-corrected chi connectivity index (χ1v) is 10.7. The van der Waals surface area contributed by atoms with Crippen molar-refractivity contribution in [2.45, 2.75) is 37.3 Å². The zero-order chi connectivity index (χ0) is 21.2. The number of hydrogen-bond donors (Lipinski definition) is 2. The van der Waals surface area contributed by atoms with Crippen molar-refractivity contribution in [3.8, 4) is 5.75 Å². The van der Waals surface area contributed by atoms with E-state index in [0.717, 1.165) is 24.2 Å². The smallest absolute Gasteiger partial charge is 0.265 e. The van der Waals surface area contributed by atoms with Gasteiger partial charge in [0.05, 0.1) is 0 Å². The molecule has 0 bridgehead atoms. The van der Waals surface area contributed by atoms with Gasteiger partial charge < -0.3 is 15.4 Å². The molecule has 0 aromatic heterocycles. The molecule has 31 heavy (non-hydrogen) atoms. The van der Waals surface area contributed by atoms with Gasteiger partial charge in [-0.25, -0.2) is 0 Å². The fourth-order valence-corrected chi connectivity index (χ4v) is 4.29. The summed E-state index contributed by atoms with van der Waals surface area (Å²) in [5.41, 5.74) is 3.49. The van der Waals surface area contributed by atoms with Crippen molar-refractivity contribution >= 4 is 17.5 Å². The molecule has 1 heterocycles. The van der Waals surface area contributed by atoms with Crippen LogP contribution in [0.3, 0.4) is 0 Å². The first-order chi connectivity index (χ1) is 15.2. The van der Waals surface area contributed by atoms with Crippen LogP contribution >= 0.6 is 0 Å². The highest BCUT2D eigenvalue weighted by atomic mass is 16.5. The predicted molar refractivity (Wildman–Crippen MR) is 119 cm³/mol. The van der Waals surface area contributed by atoms with Gasteiger partial charge in [-0.2, -0.15) is 0 Å². The molecule has 156 valence electrons. The minimum absolute atomic E-state index is 0.114. The van der Waals surface area contributed by atoms with E-state index in [4.69, 9.17) is 4.74 Å². The fraction of sp³-hybridized carbons (Fsp3) is 0.231. The second-order valence-corrected chi connectivity index (χ2v) is 8.24. The number of carbonyl (C=O) groups is 2. The largest absolute Gasteiger partial charge is 0.480 e. The number of nitrogens with one attached hydrogen (secondary N) is 2. The molecule has 0 saturated heterocycles. The molecule has 1 aliphatic heterocycles. The highest BCUT2D eigenvalue weighted by Gasteiger charge is 2.32. The Balaban J connectivity index is 1.16. The van der Waals surface area contributed by atoms with Gasteiger partial charge in [0, 0.05) is 23.7 Å². The minimum atomic E-state index is -0.556. The number of carbonyl (C=O) groups excluding carboxylic acids is 2. The lowest BCUT2D eigenvalue weighted by Gasteiger charge is -2.36. The summed E-state index contributed by atoms with van der Waals surface area (Å²) in [5, 5.41) is 5.98. The Labute approximate surface area is 181 Å². The summed E-state index contributed by atoms with van der Waals surface area (Å²) in [7, 11) is 0. The molecule has 2 aliphatic rings. The Bertz CT molecular complexity index is 1080. The number of benzene rings is 3. The maximum atomic E-state index is 12.7. The molecule has 2 N–H and O–H groups in total. The highest BCUT2D eigenvalue weighted by molar-refractivity contribution is 5.98. The molecule has 2 amide bonds. The standard InChI is InChI=1S/C26H24N2O3/c29-25(28-22-14-20(15-22)17-7-2-1-3-8-17)19-10-6-11-21(13-19)27-26(30)24-16-18-9-4-5-12-23(18)31-24/h1-13,20,22,24H,14-16H2,(H,27,30)(H,28,29). The molecule has 5 rings (SSSR count). The Morgan fingerprint density at radius 2 is 1.65 bits per heavy atom. The van der Waals surface area contributed by atoms with E-state index in [-0.39, 0.29) is 17.9 Å². The van der Waals surface area contributed by atoms with E-state index in [2.05, 4.69) is 34.9 Å². The van der Waals surface area contributed by atoms with Crippen LogP contribution in [0.2, 0.25) is 0 Å². The molecular weight excluding hydrogens is 388 g/mol. The maximum Gasteiger partial charge on any atom is 0.265 e. The average Bonchev–Trinajstić information content (AvgIpc) is 3.21. The Morgan fingerprint density at radius 3 is 2.45 bits per heavy atom. The van der Waals surface area contributed by atoms with E-state index >= 15 is 0 Å². The third-order valence-electron chi connectivity index (χ3n) is 6.08. The number of rotatable bonds is 5. The zero-order valence-corrected chi connectivity index (χ0v) is 17.1. The zero-order valence-electron chi connectivity index (χ0n) is 17.1. The molecule has 1 saturated carbocycles. The maximum absolute atomic E-state index is 12.7. The van der Waals surface area contributed by atoms with Crippen molar-refractivity contribution in [3.63, 3.8) is 0 Å². The summed E-state index contributed by atoms with van der Waals surface area (Å²) in [4.78, 5) is 25.3. The first kappa shape index (κ1) is 19.4. The lowest BCUT2D eigenvalue weighted by Crippen LogP contribution is -2.43. The molecule has 5 heteroatoms. The van der Waals surface area contributed by atoms with Gasteiger partial charge in [-0.3, -0.25) is 9.59 Å². The molecule has 3 aromatic rings. The van der Waals surface area contributed by atoms with Crippen LogP contribution in [0.25, 0.3) is 0 Å². The van der Waals surface area contributed by atoms with Gasteiger partial charge in [0.2, 0.25) is 0 Å². The normalized spacial score (nSPS) is 21.4. The van der Waals surface area contributed by atoms with E-state index in [9.17, 15) is 9.59 Å². The highest BCUT2D eigenvalue weighted by Crippen LogP contribution is 2.36. The SMILES string of the molecule is O=C(NC1CC(c2ccccc2)C1)c1cccc(NC(=O)C2Cc3ccccc3O2)c1. The predicted octanol–water partition coefficient (Wildman–Crippen LogP) is 4.30. The number of anilines is 1. The molecule has 1 fully saturated rings. The molecule has 5 nitrogen and oxygen atoms in total. The van der Waals surface area contributed by atoms with Crippen molar-refractivity contribution in [2.24, 2.45) is 0 Å². The van der Waals surface area contributed by atoms with E-state index in [0.29, 0.717) is 23.6 Å². The Kier molecular flexibility index (Phi) is 5.16. The van der Waals surface area contributed by atoms with Crippen LogP contribution in [0.4, 0.5) is 5.69 Å². The van der Waals surface area contributed by atoms with Crippen molar-refractivity contribution < 1.29 is 14.3 Å². The topological polar surface area (TPSA) is 67.4 Å². The molecule has 1 aliphatic carbocycles. The van der Waals surface area contributed by atoms with E-state index < -0.39 is 6.10 Å². The Hall–Kier alpha value is -3.60. The lowest BCUT2D eigenvalue weighted by atomic mass is 9.76. The van der Waals surface area contributed by atoms with Gasteiger partial charge >= 0.3 is 0 Å². The average molecular weight is 412 g/mol. The molecular formula is C26H24N2O3. The van der Waals surface area contributed by atoms with Crippen LogP contribution in [0.5, 0.6) is 5.75 Å². The van der Waals surface area contributed by atoms with E-state index in [1.165, 1.54) is 5.56 Å². The van der Waals surface area contributed by atoms with E-state index in [1.54, 1.807) is 24.3 Å². The number of ether oxygens (including phenoxy) is 1. The van der Waals surface area contributed by atoms with Crippen LogP contribution in [0.15, 0.2) is 78.9 Å². The summed E-state index contributed by atoms with van der Waals surface area (Å²) in [5.74, 6) is 0.938. The minimum Gasteiger partial charge on any atom is -0.480 e. The van der Waals surface area contributed by atoms with Crippen LogP contribution in [-0.2, 0) is 11.2 Å². The molecule has 1 atom stereocenters. The number of para-hydroxylation sites is 1. The van der Waals surface area contributed by atoms with Crippen molar-refractivity contribution in [2.75, 3.05) is 5.32 Å². The summed E-state index contributed by atoms with van der Waals surface area (Å²) in [6, 6.07) is 25.3. The van der Waals surface area contributed by atoms with Gasteiger partial charge in [0.1, 0.15) is 5.75 Å². The number of hydrogen-bond acceptors (Lipinski definition) is 3. The monoisotopic (exact) mass is 412 g/mol. The third-order valence-corrected chi connectivity index (χ3v) is 6.08. The molecule has 3 aromatic carbocycles. The number of fused-ring (bicyclic) bond motifs is 1. The van der Waals surface area contributed by atoms with Gasteiger partial charge in [-0.05, 0) is 54.2 Å². The van der Waals surface area contributed by atoms with Crippen LogP contribution in [-0.4, -0.2) is 24.0 Å². The lowest BCUT2D eigenvalue weighted by molar-refractivity contribution is -0.122. The van der Waals surface area contributed by atoms with Crippen LogP contribution < -0.4 is 15.4 Å². The first-order valence-electron chi connectivity index (χ1n) is 10.7. The summed E-state index contributed by atoms with van der Waals surface area (Å²) in [6.07, 6.45) is 1.89. The summed E-state index contributed by atoms with van der Waals surface area (Å²) >= 11 is 0. The fourth-order valence-electron chi connectivity index (χ4n) is 4.29. The van der Waals surface area contributed by atoms with Gasteiger partial charge in [0.15, 0.2) is 6.10 Å². The second kappa shape index (κ2) is 8.26. The van der Waals surface area contributed by atoms with Gasteiger partial charge in [0.25, 0.3) is 11.8 Å². The third kappa shape index (κ3) is 4.17.